The van der Waals surface area contributed by atoms with Crippen molar-refractivity contribution >= 4 is 29.0 Å². The van der Waals surface area contributed by atoms with Gasteiger partial charge in [-0.3, -0.25) is 0 Å². The van der Waals surface area contributed by atoms with Gasteiger partial charge < -0.3 is 5.32 Å². The summed E-state index contributed by atoms with van der Waals surface area (Å²) < 4.78 is 0. The fraction of sp³-hybridized carbons (Fsp3) is 0.0769. The molecule has 1 aromatic heterocycles. The normalized spacial score (nSPS) is 10.1. The van der Waals surface area contributed by atoms with Crippen LogP contribution in [0.15, 0.2) is 48.0 Å². The Kier molecular flexibility index (Phi) is 4.18. The highest BCUT2D eigenvalue weighted by atomic mass is 35.5. The van der Waals surface area contributed by atoms with Crippen molar-refractivity contribution in [2.75, 3.05) is 11.9 Å². The maximum absolute atomic E-state index is 5.97. The number of rotatable bonds is 4. The second-order valence-corrected chi connectivity index (χ2v) is 4.56. The van der Waals surface area contributed by atoms with Crippen molar-refractivity contribution in [3.8, 4) is 11.4 Å². The highest BCUT2D eigenvalue weighted by Gasteiger charge is 2.05. The predicted octanol–water partition coefficient (Wildman–Crippen LogP) is 3.96. The lowest BCUT2D eigenvalue weighted by Crippen LogP contribution is -2.04. The summed E-state index contributed by atoms with van der Waals surface area (Å²) >= 11 is 11.7. The lowest BCUT2D eigenvalue weighted by Gasteiger charge is -2.07. The number of nitrogens with zero attached hydrogens (tertiary/aromatic N) is 2. The van der Waals surface area contributed by atoms with Gasteiger partial charge in [0.1, 0.15) is 11.0 Å². The van der Waals surface area contributed by atoms with E-state index in [-0.39, 0.29) is 0 Å². The maximum Gasteiger partial charge on any atom is 0.163 e. The Bertz CT molecular complexity index is 555. The average molecular weight is 280 g/mol. The number of anilines is 1. The largest absolute Gasteiger partial charge is 0.365 e. The Hall–Kier alpha value is -1.58. The molecule has 0 saturated carbocycles. The van der Waals surface area contributed by atoms with Gasteiger partial charge in [-0.25, -0.2) is 9.97 Å². The van der Waals surface area contributed by atoms with Crippen LogP contribution in [0.5, 0.6) is 0 Å². The zero-order valence-corrected chi connectivity index (χ0v) is 11.0. The van der Waals surface area contributed by atoms with Crippen LogP contribution in [-0.4, -0.2) is 16.5 Å². The molecule has 0 amide bonds. The van der Waals surface area contributed by atoms with Crippen molar-refractivity contribution in [1.82, 2.24) is 9.97 Å². The molecule has 0 aliphatic heterocycles. The summed E-state index contributed by atoms with van der Waals surface area (Å²) in [7, 11) is 0. The molecule has 0 atom stereocenters. The number of aromatic nitrogens is 2. The van der Waals surface area contributed by atoms with Crippen LogP contribution in [0.1, 0.15) is 0 Å². The number of benzene rings is 1. The van der Waals surface area contributed by atoms with E-state index in [2.05, 4.69) is 21.9 Å². The lowest BCUT2D eigenvalue weighted by atomic mass is 10.2. The zero-order chi connectivity index (χ0) is 13.0. The quantitative estimate of drug-likeness (QED) is 0.861. The summed E-state index contributed by atoms with van der Waals surface area (Å²) in [6.45, 7) is 4.03. The van der Waals surface area contributed by atoms with Gasteiger partial charge in [-0.15, -0.1) is 0 Å². The minimum Gasteiger partial charge on any atom is -0.365 e. The summed E-state index contributed by atoms with van der Waals surface area (Å²) in [6, 6.07) is 11.3. The summed E-state index contributed by atoms with van der Waals surface area (Å²) in [5.41, 5.74) is 0.910. The molecule has 0 fully saturated rings. The van der Waals surface area contributed by atoms with Crippen LogP contribution >= 0.6 is 23.2 Å². The van der Waals surface area contributed by atoms with Crippen LogP contribution in [0.25, 0.3) is 11.4 Å². The van der Waals surface area contributed by atoms with E-state index in [1.807, 2.05) is 30.3 Å². The molecule has 1 aromatic carbocycles. The maximum atomic E-state index is 5.97. The number of nitrogens with one attached hydrogen (secondary N) is 1. The van der Waals surface area contributed by atoms with Gasteiger partial charge in [-0.1, -0.05) is 60.1 Å². The molecule has 2 rings (SSSR count). The predicted molar refractivity (Wildman–Crippen MR) is 76.0 cm³/mol. The Labute approximate surface area is 115 Å². The van der Waals surface area contributed by atoms with Gasteiger partial charge in [-0.05, 0) is 0 Å². The number of halogens is 2. The molecule has 5 heteroatoms. The first-order chi connectivity index (χ1) is 8.65. The first-order valence-corrected chi connectivity index (χ1v) is 6.08. The molecule has 0 aliphatic rings. The lowest BCUT2D eigenvalue weighted by molar-refractivity contribution is 1.14. The van der Waals surface area contributed by atoms with Crippen molar-refractivity contribution < 1.29 is 0 Å². The molecule has 2 aromatic rings. The van der Waals surface area contributed by atoms with E-state index >= 15 is 0 Å². The molecule has 18 heavy (non-hydrogen) atoms. The summed E-state index contributed by atoms with van der Waals surface area (Å²) in [5.74, 6) is 1.20. The van der Waals surface area contributed by atoms with Gasteiger partial charge in [0.15, 0.2) is 5.82 Å². The summed E-state index contributed by atoms with van der Waals surface area (Å²) in [4.78, 5) is 8.56. The van der Waals surface area contributed by atoms with E-state index in [0.717, 1.165) is 5.56 Å². The molecule has 1 N–H and O–H groups in total. The Balaban J connectivity index is 2.29. The highest BCUT2D eigenvalue weighted by molar-refractivity contribution is 6.30. The Morgan fingerprint density at radius 1 is 1.22 bits per heavy atom. The fourth-order valence-corrected chi connectivity index (χ4v) is 1.66. The smallest absolute Gasteiger partial charge is 0.163 e. The molecule has 0 saturated heterocycles. The summed E-state index contributed by atoms with van der Waals surface area (Å²) in [6.07, 6.45) is 0. The van der Waals surface area contributed by atoms with Crippen molar-refractivity contribution in [3.05, 3.63) is 53.2 Å². The first-order valence-electron chi connectivity index (χ1n) is 5.32. The Morgan fingerprint density at radius 3 is 2.61 bits per heavy atom. The van der Waals surface area contributed by atoms with Gasteiger partial charge in [0.25, 0.3) is 0 Å². The van der Waals surface area contributed by atoms with Gasteiger partial charge in [-0.2, -0.15) is 0 Å². The van der Waals surface area contributed by atoms with Crippen molar-refractivity contribution in [2.45, 2.75) is 0 Å². The SMILES string of the molecule is C=C(Cl)CNc1cc(Cl)nc(-c2ccccc2)n1. The van der Waals surface area contributed by atoms with Crippen LogP contribution in [-0.2, 0) is 0 Å². The fourth-order valence-electron chi connectivity index (χ4n) is 1.41. The molecule has 0 spiro atoms. The minimum absolute atomic E-state index is 0.381. The van der Waals surface area contributed by atoms with Crippen molar-refractivity contribution in [2.24, 2.45) is 0 Å². The van der Waals surface area contributed by atoms with Crippen LogP contribution < -0.4 is 5.32 Å². The second kappa shape index (κ2) is 5.85. The Morgan fingerprint density at radius 2 is 1.94 bits per heavy atom. The van der Waals surface area contributed by atoms with Crippen LogP contribution in [0.4, 0.5) is 5.82 Å². The summed E-state index contributed by atoms with van der Waals surface area (Å²) in [5, 5.41) is 3.91. The minimum atomic E-state index is 0.381. The van der Waals surface area contributed by atoms with Gasteiger partial charge >= 0.3 is 0 Å². The topological polar surface area (TPSA) is 37.8 Å². The van der Waals surface area contributed by atoms with E-state index in [9.17, 15) is 0 Å². The van der Waals surface area contributed by atoms with Crippen LogP contribution in [0.2, 0.25) is 5.15 Å². The van der Waals surface area contributed by atoms with E-state index < -0.39 is 0 Å². The standard InChI is InChI=1S/C13H11Cl2N3/c1-9(14)8-16-12-7-11(15)17-13(18-12)10-5-3-2-4-6-10/h2-7H,1,8H2,(H,16,17,18). The molecule has 92 valence electrons. The molecule has 3 nitrogen and oxygen atoms in total. The molecule has 0 aliphatic carbocycles. The van der Waals surface area contributed by atoms with Crippen molar-refractivity contribution in [1.29, 1.82) is 0 Å². The van der Waals surface area contributed by atoms with Crippen LogP contribution in [0.3, 0.4) is 0 Å². The monoisotopic (exact) mass is 279 g/mol. The third kappa shape index (κ3) is 3.45. The molecule has 0 radical (unpaired) electrons. The molecular weight excluding hydrogens is 269 g/mol. The van der Waals surface area contributed by atoms with E-state index in [0.29, 0.717) is 28.4 Å². The third-order valence-electron chi connectivity index (χ3n) is 2.19. The number of hydrogen-bond donors (Lipinski definition) is 1. The van der Waals surface area contributed by atoms with Gasteiger partial charge in [0.05, 0.1) is 6.54 Å². The molecular formula is C13H11Cl2N3. The van der Waals surface area contributed by atoms with Gasteiger partial charge in [0.2, 0.25) is 0 Å². The second-order valence-electron chi connectivity index (χ2n) is 3.64. The zero-order valence-electron chi connectivity index (χ0n) is 9.53. The van der Waals surface area contributed by atoms with E-state index in [1.165, 1.54) is 0 Å². The molecule has 0 unspecified atom stereocenters. The third-order valence-corrected chi connectivity index (χ3v) is 2.52. The van der Waals surface area contributed by atoms with E-state index in [1.54, 1.807) is 6.07 Å². The van der Waals surface area contributed by atoms with E-state index in [4.69, 9.17) is 23.2 Å². The first kappa shape index (κ1) is 12.9. The van der Waals surface area contributed by atoms with Gasteiger partial charge in [0, 0.05) is 16.7 Å². The van der Waals surface area contributed by atoms with Crippen molar-refractivity contribution in [3.63, 3.8) is 0 Å². The molecule has 1 heterocycles. The average Bonchev–Trinajstić information content (AvgIpc) is 2.37. The number of hydrogen-bond acceptors (Lipinski definition) is 3. The molecule has 0 bridgehead atoms. The van der Waals surface area contributed by atoms with Crippen LogP contribution in [0, 0.1) is 0 Å². The highest BCUT2D eigenvalue weighted by Crippen LogP contribution is 2.20.